The van der Waals surface area contributed by atoms with Crippen LogP contribution in [0.3, 0.4) is 0 Å². The topological polar surface area (TPSA) is 76.6 Å². The van der Waals surface area contributed by atoms with Gasteiger partial charge in [-0.25, -0.2) is 4.79 Å². The lowest BCUT2D eigenvalue weighted by Gasteiger charge is -2.37. The third-order valence-corrected chi connectivity index (χ3v) is 6.95. The van der Waals surface area contributed by atoms with E-state index in [1.165, 1.54) is 19.3 Å². The summed E-state index contributed by atoms with van der Waals surface area (Å²) < 4.78 is 0. The molecule has 0 unspecified atom stereocenters. The summed E-state index contributed by atoms with van der Waals surface area (Å²) >= 11 is 12.6. The van der Waals surface area contributed by atoms with Crippen molar-refractivity contribution in [2.45, 2.75) is 45.1 Å². The number of piperazine rings is 1. The Labute approximate surface area is 195 Å². The molecular weight excluding hydrogens is 437 g/mol. The zero-order chi connectivity index (χ0) is 22.4. The van der Waals surface area contributed by atoms with Crippen LogP contribution in [0.25, 0.3) is 0 Å². The Balaban J connectivity index is 1.41. The van der Waals surface area contributed by atoms with Gasteiger partial charge >= 0.3 is 6.03 Å². The summed E-state index contributed by atoms with van der Waals surface area (Å²) in [5, 5.41) is 6.95. The van der Waals surface area contributed by atoms with Gasteiger partial charge in [0.05, 0.1) is 0 Å². The molecule has 2 N–H and O–H groups in total. The molecule has 0 bridgehead atoms. The van der Waals surface area contributed by atoms with Crippen LogP contribution >= 0.6 is 23.2 Å². The SMILES string of the molecule is CCNc1nc(Cl)c(Cl)c(N2CCN(CC[C@H]3CC[C@H](NC(=O)N(C)C)CC3)CC2)n1. The molecule has 1 aliphatic carbocycles. The molecule has 0 spiro atoms. The van der Waals surface area contributed by atoms with Crippen molar-refractivity contribution < 1.29 is 4.79 Å². The summed E-state index contributed by atoms with van der Waals surface area (Å²) in [7, 11) is 3.57. The summed E-state index contributed by atoms with van der Waals surface area (Å²) in [5.41, 5.74) is 0. The van der Waals surface area contributed by atoms with E-state index in [1.807, 2.05) is 6.92 Å². The van der Waals surface area contributed by atoms with Crippen molar-refractivity contribution in [3.63, 3.8) is 0 Å². The van der Waals surface area contributed by atoms with E-state index in [1.54, 1.807) is 19.0 Å². The first-order chi connectivity index (χ1) is 14.9. The van der Waals surface area contributed by atoms with Crippen molar-refractivity contribution >= 4 is 41.0 Å². The van der Waals surface area contributed by atoms with E-state index < -0.39 is 0 Å². The van der Waals surface area contributed by atoms with Crippen molar-refractivity contribution in [3.8, 4) is 0 Å². The highest BCUT2D eigenvalue weighted by atomic mass is 35.5. The third kappa shape index (κ3) is 6.73. The first kappa shape index (κ1) is 24.1. The van der Waals surface area contributed by atoms with E-state index in [4.69, 9.17) is 23.2 Å². The maximum Gasteiger partial charge on any atom is 0.317 e. The summed E-state index contributed by atoms with van der Waals surface area (Å²) in [6.07, 6.45) is 5.78. The Hall–Kier alpha value is -1.51. The fraction of sp³-hybridized carbons (Fsp3) is 0.762. The predicted molar refractivity (Wildman–Crippen MR) is 127 cm³/mol. The Kier molecular flexibility index (Phi) is 8.86. The van der Waals surface area contributed by atoms with Crippen molar-refractivity contribution in [3.05, 3.63) is 10.2 Å². The minimum absolute atomic E-state index is 0.0176. The number of hydrogen-bond acceptors (Lipinski definition) is 6. The maximum atomic E-state index is 11.8. The molecule has 31 heavy (non-hydrogen) atoms. The number of anilines is 2. The Bertz CT molecular complexity index is 733. The average Bonchev–Trinajstić information content (AvgIpc) is 2.76. The molecule has 2 amide bonds. The lowest BCUT2D eigenvalue weighted by Crippen LogP contribution is -2.47. The van der Waals surface area contributed by atoms with Gasteiger partial charge in [0, 0.05) is 52.9 Å². The van der Waals surface area contributed by atoms with E-state index in [2.05, 4.69) is 30.4 Å². The lowest BCUT2D eigenvalue weighted by atomic mass is 9.84. The van der Waals surface area contributed by atoms with Crippen LogP contribution in [-0.4, -0.2) is 85.2 Å². The second-order valence-corrected chi connectivity index (χ2v) is 9.42. The number of amides is 2. The first-order valence-corrected chi connectivity index (χ1v) is 12.0. The Morgan fingerprint density at radius 2 is 1.77 bits per heavy atom. The number of carbonyl (C=O) groups is 1. The predicted octanol–water partition coefficient (Wildman–Crippen LogP) is 3.56. The molecule has 8 nitrogen and oxygen atoms in total. The van der Waals surface area contributed by atoms with Gasteiger partial charge in [-0.15, -0.1) is 0 Å². The standard InChI is InChI=1S/C21H35Cl2N7O/c1-4-24-20-26-18(23)17(22)19(27-20)30-13-11-29(12-14-30)10-9-15-5-7-16(8-6-15)25-21(31)28(2)3/h15-16H,4-14H2,1-3H3,(H,25,31)(H,24,26,27)/t15-,16-. The van der Waals surface area contributed by atoms with Gasteiger partial charge in [-0.2, -0.15) is 9.97 Å². The normalized spacial score (nSPS) is 22.3. The fourth-order valence-corrected chi connectivity index (χ4v) is 4.67. The summed E-state index contributed by atoms with van der Waals surface area (Å²) in [6.45, 7) is 7.58. The smallest absolute Gasteiger partial charge is 0.317 e. The van der Waals surface area contributed by atoms with Gasteiger partial charge in [0.25, 0.3) is 0 Å². The minimum Gasteiger partial charge on any atom is -0.354 e. The fourth-order valence-electron chi connectivity index (χ4n) is 4.30. The minimum atomic E-state index is 0.0176. The molecule has 2 aliphatic rings. The molecule has 2 fully saturated rings. The molecule has 3 rings (SSSR count). The highest BCUT2D eigenvalue weighted by Gasteiger charge is 2.25. The van der Waals surface area contributed by atoms with Crippen LogP contribution in [0.15, 0.2) is 0 Å². The van der Waals surface area contributed by atoms with Gasteiger partial charge in [-0.3, -0.25) is 4.90 Å². The number of aromatic nitrogens is 2. The summed E-state index contributed by atoms with van der Waals surface area (Å²) in [6, 6.07) is 0.343. The molecule has 174 valence electrons. The van der Waals surface area contributed by atoms with Crippen molar-refractivity contribution in [2.24, 2.45) is 5.92 Å². The quantitative estimate of drug-likeness (QED) is 0.591. The number of halogens is 2. The van der Waals surface area contributed by atoms with Crippen LogP contribution < -0.4 is 15.5 Å². The van der Waals surface area contributed by atoms with E-state index in [0.717, 1.165) is 63.8 Å². The Morgan fingerprint density at radius 1 is 1.10 bits per heavy atom. The summed E-state index contributed by atoms with van der Waals surface area (Å²) in [5.74, 6) is 1.99. The van der Waals surface area contributed by atoms with Gasteiger partial charge in [-0.1, -0.05) is 23.2 Å². The molecule has 10 heteroatoms. The average molecular weight is 472 g/mol. The van der Waals surface area contributed by atoms with Crippen molar-refractivity contribution in [1.82, 2.24) is 25.1 Å². The van der Waals surface area contributed by atoms with E-state index in [0.29, 0.717) is 22.2 Å². The van der Waals surface area contributed by atoms with Gasteiger partial charge in [-0.05, 0) is 51.5 Å². The van der Waals surface area contributed by atoms with E-state index in [9.17, 15) is 4.79 Å². The zero-order valence-corrected chi connectivity index (χ0v) is 20.3. The molecule has 2 heterocycles. The van der Waals surface area contributed by atoms with Gasteiger partial charge in [0.2, 0.25) is 5.95 Å². The molecule has 1 aromatic heterocycles. The lowest BCUT2D eigenvalue weighted by molar-refractivity contribution is 0.194. The van der Waals surface area contributed by atoms with Crippen LogP contribution in [0.2, 0.25) is 10.2 Å². The molecule has 0 radical (unpaired) electrons. The van der Waals surface area contributed by atoms with Gasteiger partial charge in [0.15, 0.2) is 11.0 Å². The molecule has 1 aliphatic heterocycles. The molecule has 1 aromatic rings. The monoisotopic (exact) mass is 471 g/mol. The van der Waals surface area contributed by atoms with E-state index in [-0.39, 0.29) is 6.03 Å². The molecule has 1 saturated heterocycles. The first-order valence-electron chi connectivity index (χ1n) is 11.3. The highest BCUT2D eigenvalue weighted by molar-refractivity contribution is 6.42. The number of carbonyl (C=O) groups excluding carboxylic acids is 1. The largest absolute Gasteiger partial charge is 0.354 e. The third-order valence-electron chi connectivity index (χ3n) is 6.23. The van der Waals surface area contributed by atoms with Crippen LogP contribution in [0, 0.1) is 5.92 Å². The highest BCUT2D eigenvalue weighted by Crippen LogP contribution is 2.32. The maximum absolute atomic E-state index is 11.8. The van der Waals surface area contributed by atoms with Gasteiger partial charge in [0.1, 0.15) is 5.02 Å². The van der Waals surface area contributed by atoms with Crippen LogP contribution in [0.5, 0.6) is 0 Å². The number of nitrogens with zero attached hydrogens (tertiary/aromatic N) is 5. The zero-order valence-electron chi connectivity index (χ0n) is 18.8. The van der Waals surface area contributed by atoms with Crippen LogP contribution in [0.1, 0.15) is 39.0 Å². The van der Waals surface area contributed by atoms with E-state index >= 15 is 0 Å². The second-order valence-electron chi connectivity index (χ2n) is 8.68. The molecular formula is C21H35Cl2N7O. The van der Waals surface area contributed by atoms with Crippen molar-refractivity contribution in [1.29, 1.82) is 0 Å². The number of nitrogens with one attached hydrogen (secondary N) is 2. The molecule has 1 saturated carbocycles. The number of hydrogen-bond donors (Lipinski definition) is 2. The summed E-state index contributed by atoms with van der Waals surface area (Å²) in [4.78, 5) is 26.9. The van der Waals surface area contributed by atoms with Gasteiger partial charge < -0.3 is 20.4 Å². The number of urea groups is 1. The Morgan fingerprint density at radius 3 is 2.39 bits per heavy atom. The van der Waals surface area contributed by atoms with Crippen LogP contribution in [0.4, 0.5) is 16.6 Å². The molecule has 0 aromatic carbocycles. The second kappa shape index (κ2) is 11.4. The van der Waals surface area contributed by atoms with Crippen molar-refractivity contribution in [2.75, 3.05) is 63.6 Å². The van der Waals surface area contributed by atoms with Crippen LogP contribution in [-0.2, 0) is 0 Å². The molecule has 0 atom stereocenters. The number of rotatable bonds is 7.